The van der Waals surface area contributed by atoms with Gasteiger partial charge in [-0.25, -0.2) is 0 Å². The third-order valence-electron chi connectivity index (χ3n) is 5.75. The molecule has 1 aliphatic heterocycles. The minimum absolute atomic E-state index is 0.00910. The van der Waals surface area contributed by atoms with Crippen LogP contribution < -0.4 is 10.6 Å². The second-order valence-corrected chi connectivity index (χ2v) is 8.76. The number of phenols is 2. The molecule has 2 aliphatic rings. The summed E-state index contributed by atoms with van der Waals surface area (Å²) in [6.45, 7) is 8.32. The second-order valence-electron chi connectivity index (χ2n) is 8.76. The van der Waals surface area contributed by atoms with Gasteiger partial charge < -0.3 is 20.8 Å². The van der Waals surface area contributed by atoms with Gasteiger partial charge in [-0.3, -0.25) is 4.79 Å². The third kappa shape index (κ3) is 3.11. The Morgan fingerprint density at radius 3 is 2.36 bits per heavy atom. The fourth-order valence-electron chi connectivity index (χ4n) is 4.22. The fraction of sp³-hybridized carbons (Fsp3) is 0.348. The standard InChI is InChI=1S/C23H26N2O3/c1-12-7-16-17(8-13(12)2)25-22(15-6-5-14(26)9-19(15)27)21-18(24-16)10-23(3,4)11-20(21)28/h5-9,22,24-27H,10-11H2,1-4H3/t22-/m0/s1. The number of allylic oxidation sites excluding steroid dienone is 1. The minimum Gasteiger partial charge on any atom is -0.508 e. The van der Waals surface area contributed by atoms with Crippen molar-refractivity contribution in [3.05, 3.63) is 58.3 Å². The first-order chi connectivity index (χ1) is 13.1. The number of benzene rings is 2. The van der Waals surface area contributed by atoms with Crippen LogP contribution in [0.2, 0.25) is 0 Å². The van der Waals surface area contributed by atoms with Gasteiger partial charge in [0.15, 0.2) is 5.78 Å². The molecule has 4 rings (SSSR count). The van der Waals surface area contributed by atoms with Crippen molar-refractivity contribution < 1.29 is 15.0 Å². The lowest BCUT2D eigenvalue weighted by Gasteiger charge is -2.34. The quantitative estimate of drug-likeness (QED) is 0.565. The molecule has 0 aromatic heterocycles. The van der Waals surface area contributed by atoms with Crippen molar-refractivity contribution in [3.8, 4) is 11.5 Å². The van der Waals surface area contributed by atoms with Crippen LogP contribution in [0.5, 0.6) is 11.5 Å². The molecule has 5 nitrogen and oxygen atoms in total. The first kappa shape index (κ1) is 18.4. The van der Waals surface area contributed by atoms with E-state index >= 15 is 0 Å². The van der Waals surface area contributed by atoms with E-state index in [-0.39, 0.29) is 22.7 Å². The largest absolute Gasteiger partial charge is 0.508 e. The predicted octanol–water partition coefficient (Wildman–Crippen LogP) is 4.94. The van der Waals surface area contributed by atoms with E-state index in [9.17, 15) is 15.0 Å². The third-order valence-corrected chi connectivity index (χ3v) is 5.75. The molecule has 28 heavy (non-hydrogen) atoms. The van der Waals surface area contributed by atoms with Gasteiger partial charge in [-0.1, -0.05) is 13.8 Å². The SMILES string of the molecule is Cc1cc2c(cc1C)N[C@@H](c1ccc(O)cc1O)C1=C(CC(C)(C)CC1=O)N2. The minimum atomic E-state index is -0.491. The van der Waals surface area contributed by atoms with Crippen LogP contribution in [0, 0.1) is 19.3 Å². The van der Waals surface area contributed by atoms with E-state index in [0.717, 1.165) is 29.1 Å². The molecule has 0 amide bonds. The molecule has 5 heteroatoms. The van der Waals surface area contributed by atoms with Gasteiger partial charge in [-0.2, -0.15) is 0 Å². The van der Waals surface area contributed by atoms with E-state index in [2.05, 4.69) is 50.5 Å². The van der Waals surface area contributed by atoms with E-state index in [1.165, 1.54) is 17.7 Å². The fourth-order valence-corrected chi connectivity index (χ4v) is 4.22. The molecule has 0 radical (unpaired) electrons. The zero-order chi connectivity index (χ0) is 20.2. The van der Waals surface area contributed by atoms with Gasteiger partial charge in [0, 0.05) is 29.3 Å². The van der Waals surface area contributed by atoms with Crippen molar-refractivity contribution in [2.75, 3.05) is 10.6 Å². The maximum atomic E-state index is 13.2. The number of ketones is 1. The molecule has 4 N–H and O–H groups in total. The van der Waals surface area contributed by atoms with Crippen LogP contribution in [0.15, 0.2) is 41.6 Å². The number of aryl methyl sites for hydroxylation is 2. The Morgan fingerprint density at radius 1 is 1.00 bits per heavy atom. The molecule has 146 valence electrons. The number of hydrogen-bond acceptors (Lipinski definition) is 5. The topological polar surface area (TPSA) is 81.6 Å². The van der Waals surface area contributed by atoms with Crippen LogP contribution in [-0.4, -0.2) is 16.0 Å². The average Bonchev–Trinajstić information content (AvgIpc) is 2.71. The number of hydrogen-bond donors (Lipinski definition) is 4. The number of aromatic hydroxyl groups is 2. The Balaban J connectivity index is 1.93. The summed E-state index contributed by atoms with van der Waals surface area (Å²) in [5, 5.41) is 27.2. The molecular formula is C23H26N2O3. The summed E-state index contributed by atoms with van der Waals surface area (Å²) < 4.78 is 0. The Kier molecular flexibility index (Phi) is 4.14. The van der Waals surface area contributed by atoms with Crippen molar-refractivity contribution in [1.82, 2.24) is 0 Å². The monoisotopic (exact) mass is 378 g/mol. The Bertz CT molecular complexity index is 1020. The first-order valence-electron chi connectivity index (χ1n) is 9.57. The number of anilines is 2. The normalized spacial score (nSPS) is 20.6. The van der Waals surface area contributed by atoms with Crippen molar-refractivity contribution in [2.24, 2.45) is 5.41 Å². The van der Waals surface area contributed by atoms with E-state index in [1.54, 1.807) is 6.07 Å². The summed E-state index contributed by atoms with van der Waals surface area (Å²) in [6, 6.07) is 8.19. The maximum Gasteiger partial charge on any atom is 0.163 e. The van der Waals surface area contributed by atoms with Crippen LogP contribution in [0.4, 0.5) is 11.4 Å². The highest BCUT2D eigenvalue weighted by Crippen LogP contribution is 2.47. The van der Waals surface area contributed by atoms with Gasteiger partial charge >= 0.3 is 0 Å². The molecular weight excluding hydrogens is 352 g/mol. The van der Waals surface area contributed by atoms with Crippen LogP contribution in [0.3, 0.4) is 0 Å². The summed E-state index contributed by atoms with van der Waals surface area (Å²) in [4.78, 5) is 13.2. The Morgan fingerprint density at radius 2 is 1.68 bits per heavy atom. The number of nitrogens with one attached hydrogen (secondary N) is 2. The molecule has 2 aromatic carbocycles. The zero-order valence-corrected chi connectivity index (χ0v) is 16.7. The van der Waals surface area contributed by atoms with Gasteiger partial charge in [0.05, 0.1) is 17.4 Å². The van der Waals surface area contributed by atoms with E-state index in [0.29, 0.717) is 17.6 Å². The highest BCUT2D eigenvalue weighted by Gasteiger charge is 2.39. The molecule has 0 spiro atoms. The van der Waals surface area contributed by atoms with Crippen LogP contribution >= 0.6 is 0 Å². The van der Waals surface area contributed by atoms with E-state index in [4.69, 9.17) is 0 Å². The predicted molar refractivity (Wildman–Crippen MR) is 111 cm³/mol. The molecule has 0 saturated heterocycles. The highest BCUT2D eigenvalue weighted by molar-refractivity contribution is 6.01. The van der Waals surface area contributed by atoms with E-state index < -0.39 is 6.04 Å². The van der Waals surface area contributed by atoms with Gasteiger partial charge in [0.1, 0.15) is 11.5 Å². The molecule has 0 fully saturated rings. The lowest BCUT2D eigenvalue weighted by atomic mass is 9.73. The van der Waals surface area contributed by atoms with Gasteiger partial charge in [-0.15, -0.1) is 0 Å². The highest BCUT2D eigenvalue weighted by atomic mass is 16.3. The number of rotatable bonds is 1. The summed E-state index contributed by atoms with van der Waals surface area (Å²) in [7, 11) is 0. The first-order valence-corrected chi connectivity index (χ1v) is 9.57. The molecule has 1 atom stereocenters. The van der Waals surface area contributed by atoms with E-state index in [1.807, 2.05) is 0 Å². The molecule has 1 aliphatic carbocycles. The zero-order valence-electron chi connectivity index (χ0n) is 16.7. The lowest BCUT2D eigenvalue weighted by Crippen LogP contribution is -2.31. The number of carbonyl (C=O) groups is 1. The Labute approximate surface area is 165 Å². The summed E-state index contributed by atoms with van der Waals surface area (Å²) in [5.74, 6) is 0.0319. The summed E-state index contributed by atoms with van der Waals surface area (Å²) in [5.41, 5.74) is 6.14. The van der Waals surface area contributed by atoms with Crippen LogP contribution in [0.25, 0.3) is 0 Å². The van der Waals surface area contributed by atoms with Crippen molar-refractivity contribution in [2.45, 2.75) is 46.6 Å². The second kappa shape index (κ2) is 6.30. The van der Waals surface area contributed by atoms with Gasteiger partial charge in [0.2, 0.25) is 0 Å². The molecule has 0 saturated carbocycles. The van der Waals surface area contributed by atoms with Gasteiger partial charge in [-0.05, 0) is 61.1 Å². The van der Waals surface area contributed by atoms with Crippen LogP contribution in [0.1, 0.15) is 49.4 Å². The maximum absolute atomic E-state index is 13.2. The van der Waals surface area contributed by atoms with Gasteiger partial charge in [0.25, 0.3) is 0 Å². The summed E-state index contributed by atoms with van der Waals surface area (Å²) in [6.07, 6.45) is 1.20. The number of phenolic OH excluding ortho intramolecular Hbond substituents is 2. The number of Topliss-reactive ketones (excluding diaryl/α,β-unsaturated/α-hetero) is 1. The average molecular weight is 378 g/mol. The number of fused-ring (bicyclic) bond motifs is 1. The lowest BCUT2D eigenvalue weighted by molar-refractivity contribution is -0.118. The molecule has 0 bridgehead atoms. The van der Waals surface area contributed by atoms with Crippen molar-refractivity contribution in [1.29, 1.82) is 0 Å². The number of carbonyl (C=O) groups excluding carboxylic acids is 1. The Hall–Kier alpha value is -2.95. The van der Waals surface area contributed by atoms with Crippen molar-refractivity contribution in [3.63, 3.8) is 0 Å². The van der Waals surface area contributed by atoms with Crippen molar-refractivity contribution >= 4 is 17.2 Å². The summed E-state index contributed by atoms with van der Waals surface area (Å²) >= 11 is 0. The molecule has 0 unspecified atom stereocenters. The smallest absolute Gasteiger partial charge is 0.163 e. The molecule has 2 aromatic rings. The molecule has 1 heterocycles. The van der Waals surface area contributed by atoms with Crippen LogP contribution in [-0.2, 0) is 4.79 Å².